The van der Waals surface area contributed by atoms with Crippen LogP contribution in [0.1, 0.15) is 6.92 Å². The Morgan fingerprint density at radius 3 is 2.08 bits per heavy atom. The average molecular weight is 365 g/mol. The predicted octanol–water partition coefficient (Wildman–Crippen LogP) is 3.09. The number of hydrogen-bond donors (Lipinski definition) is 4. The highest BCUT2D eigenvalue weighted by molar-refractivity contribution is 6.30. The van der Waals surface area contributed by atoms with Gasteiger partial charge in [0.2, 0.25) is 0 Å². The molecule has 7 nitrogen and oxygen atoms in total. The molecule has 0 aliphatic carbocycles. The Balaban J connectivity index is 2.03. The summed E-state index contributed by atoms with van der Waals surface area (Å²) in [7, 11) is 0. The van der Waals surface area contributed by atoms with E-state index in [9.17, 15) is 14.7 Å². The van der Waals surface area contributed by atoms with E-state index in [1.54, 1.807) is 48.5 Å². The summed E-state index contributed by atoms with van der Waals surface area (Å²) in [5, 5.41) is 23.2. The summed E-state index contributed by atoms with van der Waals surface area (Å²) in [6.45, 7) is 0.608. The Morgan fingerprint density at radius 2 is 1.60 bits per heavy atom. The highest BCUT2D eigenvalue weighted by Gasteiger charge is 2.34. The fraction of sp³-hybridized carbons (Fsp3) is 0.176. The first-order valence-corrected chi connectivity index (χ1v) is 7.67. The van der Waals surface area contributed by atoms with Crippen LogP contribution in [0.4, 0.5) is 10.5 Å². The number of rotatable bonds is 6. The molecular formula is C17H17ClN2O5. The zero-order chi connectivity index (χ0) is 18.4. The van der Waals surface area contributed by atoms with Gasteiger partial charge < -0.3 is 25.6 Å². The van der Waals surface area contributed by atoms with Crippen LogP contribution in [0.3, 0.4) is 0 Å². The Labute approximate surface area is 149 Å². The topological polar surface area (TPSA) is 108 Å². The lowest BCUT2D eigenvalue weighted by molar-refractivity contribution is -0.123. The maximum atomic E-state index is 12.2. The molecule has 8 heteroatoms. The van der Waals surface area contributed by atoms with E-state index in [0.717, 1.165) is 0 Å². The number of carbonyl (C=O) groups is 2. The number of aliphatic hydroxyl groups excluding tert-OH is 1. The number of nitrogens with one attached hydrogen (secondary N) is 2. The minimum absolute atomic E-state index is 0.431. The van der Waals surface area contributed by atoms with Crippen molar-refractivity contribution in [2.45, 2.75) is 12.5 Å². The van der Waals surface area contributed by atoms with Gasteiger partial charge in [-0.25, -0.2) is 4.79 Å². The van der Waals surface area contributed by atoms with E-state index in [-0.39, 0.29) is 0 Å². The zero-order valence-electron chi connectivity index (χ0n) is 13.3. The standard InChI is InChI=1S/C17H17ClN2O5/c1-17(10-21,20-16(23)24)15(22)19-12-4-8-14(9-5-12)25-13-6-2-11(18)3-7-13/h2-9,20-21H,10H2,1H3,(H,19,22)(H,23,24)/t17-/m0/s1. The van der Waals surface area contributed by atoms with Gasteiger partial charge in [0.25, 0.3) is 5.91 Å². The number of hydrogen-bond acceptors (Lipinski definition) is 4. The van der Waals surface area contributed by atoms with E-state index in [1.165, 1.54) is 6.92 Å². The largest absolute Gasteiger partial charge is 0.465 e. The second-order valence-corrected chi connectivity index (χ2v) is 5.89. The Bertz CT molecular complexity index is 749. The molecule has 0 heterocycles. The molecule has 0 spiro atoms. The zero-order valence-corrected chi connectivity index (χ0v) is 14.1. The fourth-order valence-corrected chi connectivity index (χ4v) is 2.04. The summed E-state index contributed by atoms with van der Waals surface area (Å²) in [6, 6.07) is 13.3. The predicted molar refractivity (Wildman–Crippen MR) is 93.2 cm³/mol. The molecule has 0 aliphatic rings. The molecule has 2 aromatic carbocycles. The van der Waals surface area contributed by atoms with Crippen LogP contribution in [0.15, 0.2) is 48.5 Å². The minimum Gasteiger partial charge on any atom is -0.465 e. The molecule has 2 rings (SSSR count). The lowest BCUT2D eigenvalue weighted by atomic mass is 10.0. The normalized spacial score (nSPS) is 12.8. The number of amides is 2. The van der Waals surface area contributed by atoms with E-state index in [4.69, 9.17) is 21.4 Å². The average Bonchev–Trinajstić information content (AvgIpc) is 2.58. The van der Waals surface area contributed by atoms with Gasteiger partial charge in [-0.3, -0.25) is 4.79 Å². The van der Waals surface area contributed by atoms with Gasteiger partial charge >= 0.3 is 6.09 Å². The van der Waals surface area contributed by atoms with Crippen LogP contribution in [0, 0.1) is 0 Å². The van der Waals surface area contributed by atoms with Crippen LogP contribution < -0.4 is 15.4 Å². The number of carbonyl (C=O) groups excluding carboxylic acids is 1. The second-order valence-electron chi connectivity index (χ2n) is 5.45. The van der Waals surface area contributed by atoms with Crippen molar-refractivity contribution in [3.05, 3.63) is 53.6 Å². The lowest BCUT2D eigenvalue weighted by Gasteiger charge is -2.25. The van der Waals surface area contributed by atoms with Crippen molar-refractivity contribution in [1.82, 2.24) is 5.32 Å². The van der Waals surface area contributed by atoms with Gasteiger partial charge in [0.15, 0.2) is 0 Å². The molecule has 0 aliphatic heterocycles. The van der Waals surface area contributed by atoms with Crippen LogP contribution in [0.2, 0.25) is 5.02 Å². The van der Waals surface area contributed by atoms with Crippen molar-refractivity contribution in [1.29, 1.82) is 0 Å². The van der Waals surface area contributed by atoms with Gasteiger partial charge in [-0.05, 0) is 55.5 Å². The molecule has 0 saturated heterocycles. The summed E-state index contributed by atoms with van der Waals surface area (Å²) in [5.74, 6) is 0.484. The van der Waals surface area contributed by atoms with Gasteiger partial charge in [-0.15, -0.1) is 0 Å². The molecule has 2 amide bonds. The summed E-state index contributed by atoms with van der Waals surface area (Å²) in [4.78, 5) is 22.9. The van der Waals surface area contributed by atoms with Gasteiger partial charge in [-0.1, -0.05) is 11.6 Å². The lowest BCUT2D eigenvalue weighted by Crippen LogP contribution is -2.56. The smallest absolute Gasteiger partial charge is 0.405 e. The molecule has 0 unspecified atom stereocenters. The van der Waals surface area contributed by atoms with Crippen molar-refractivity contribution in [3.8, 4) is 11.5 Å². The first-order valence-electron chi connectivity index (χ1n) is 7.29. The van der Waals surface area contributed by atoms with E-state index < -0.39 is 24.1 Å². The third kappa shape index (κ3) is 5.10. The maximum Gasteiger partial charge on any atom is 0.405 e. The number of benzene rings is 2. The molecule has 2 aromatic rings. The summed E-state index contributed by atoms with van der Waals surface area (Å²) >= 11 is 5.81. The molecule has 132 valence electrons. The Kier molecular flexibility index (Phi) is 5.84. The van der Waals surface area contributed by atoms with E-state index in [2.05, 4.69) is 5.32 Å². The molecule has 0 radical (unpaired) electrons. The van der Waals surface area contributed by atoms with Crippen LogP contribution in [-0.4, -0.2) is 34.4 Å². The van der Waals surface area contributed by atoms with Crippen LogP contribution in [0.25, 0.3) is 0 Å². The van der Waals surface area contributed by atoms with Gasteiger partial charge in [0.05, 0.1) is 6.61 Å². The van der Waals surface area contributed by atoms with E-state index in [0.29, 0.717) is 22.2 Å². The quantitative estimate of drug-likeness (QED) is 0.630. The molecule has 0 aromatic heterocycles. The van der Waals surface area contributed by atoms with Crippen molar-refractivity contribution in [2.75, 3.05) is 11.9 Å². The number of ether oxygens (including phenoxy) is 1. The summed E-state index contributed by atoms with van der Waals surface area (Å²) in [5.41, 5.74) is -1.22. The third-order valence-electron chi connectivity index (χ3n) is 3.36. The van der Waals surface area contributed by atoms with Crippen LogP contribution in [-0.2, 0) is 4.79 Å². The molecule has 0 bridgehead atoms. The van der Waals surface area contributed by atoms with Gasteiger partial charge in [0, 0.05) is 10.7 Å². The van der Waals surface area contributed by atoms with Gasteiger partial charge in [-0.2, -0.15) is 0 Å². The minimum atomic E-state index is -1.65. The number of aliphatic hydroxyl groups is 1. The summed E-state index contributed by atoms with van der Waals surface area (Å²) < 4.78 is 5.63. The number of halogens is 1. The number of anilines is 1. The molecule has 1 atom stereocenters. The summed E-state index contributed by atoms with van der Waals surface area (Å²) in [6.07, 6.45) is -1.40. The SMILES string of the molecule is C[C@@](CO)(NC(=O)O)C(=O)Nc1ccc(Oc2ccc(Cl)cc2)cc1. The highest BCUT2D eigenvalue weighted by Crippen LogP contribution is 2.24. The maximum absolute atomic E-state index is 12.2. The molecule has 25 heavy (non-hydrogen) atoms. The second kappa shape index (κ2) is 7.87. The van der Waals surface area contributed by atoms with Crippen molar-refractivity contribution in [3.63, 3.8) is 0 Å². The molecular weight excluding hydrogens is 348 g/mol. The van der Waals surface area contributed by atoms with E-state index in [1.807, 2.05) is 5.32 Å². The molecule has 0 saturated carbocycles. The van der Waals surface area contributed by atoms with Crippen LogP contribution >= 0.6 is 11.6 Å². The Morgan fingerprint density at radius 1 is 1.08 bits per heavy atom. The van der Waals surface area contributed by atoms with Crippen molar-refractivity contribution in [2.24, 2.45) is 0 Å². The van der Waals surface area contributed by atoms with Gasteiger partial charge in [0.1, 0.15) is 17.0 Å². The number of carboxylic acid groups (broad SMARTS) is 1. The first-order chi connectivity index (χ1) is 11.8. The first kappa shape index (κ1) is 18.6. The van der Waals surface area contributed by atoms with E-state index >= 15 is 0 Å². The third-order valence-corrected chi connectivity index (χ3v) is 3.61. The monoisotopic (exact) mass is 364 g/mol. The Hall–Kier alpha value is -2.77. The van der Waals surface area contributed by atoms with Crippen molar-refractivity contribution >= 4 is 29.3 Å². The van der Waals surface area contributed by atoms with Crippen LogP contribution in [0.5, 0.6) is 11.5 Å². The van der Waals surface area contributed by atoms with Crippen molar-refractivity contribution < 1.29 is 24.5 Å². The molecule has 0 fully saturated rings. The highest BCUT2D eigenvalue weighted by atomic mass is 35.5. The molecule has 4 N–H and O–H groups in total. The fourth-order valence-electron chi connectivity index (χ4n) is 1.92.